The first kappa shape index (κ1) is 19.6. The standard InChI is InChI=1S/C21H18ClNO5/c1-2-28-16(24)12-23-18(13-6-4-3-5-7-13)17(20(26)21(23)27)19(25)14-8-10-15(22)11-9-14/h3-11,18,25H,2,12H2,1H3/b19-17+. The van der Waals surface area contributed by atoms with Crippen LogP contribution in [0.15, 0.2) is 60.2 Å². The number of benzene rings is 2. The molecule has 0 saturated carbocycles. The number of aliphatic hydroxyl groups is 1. The minimum absolute atomic E-state index is 0.0807. The maximum Gasteiger partial charge on any atom is 0.325 e. The molecule has 144 valence electrons. The van der Waals surface area contributed by atoms with Gasteiger partial charge in [-0.05, 0) is 36.8 Å². The number of carbonyl (C=O) groups is 3. The van der Waals surface area contributed by atoms with Crippen LogP contribution >= 0.6 is 11.6 Å². The average Bonchev–Trinajstić information content (AvgIpc) is 2.94. The summed E-state index contributed by atoms with van der Waals surface area (Å²) in [5.41, 5.74) is 0.865. The topological polar surface area (TPSA) is 83.9 Å². The zero-order valence-corrected chi connectivity index (χ0v) is 15.8. The van der Waals surface area contributed by atoms with Gasteiger partial charge in [0, 0.05) is 10.6 Å². The number of hydrogen-bond acceptors (Lipinski definition) is 5. The highest BCUT2D eigenvalue weighted by molar-refractivity contribution is 6.46. The summed E-state index contributed by atoms with van der Waals surface area (Å²) in [4.78, 5) is 38.5. The van der Waals surface area contributed by atoms with E-state index in [0.717, 1.165) is 4.90 Å². The van der Waals surface area contributed by atoms with Crippen LogP contribution in [-0.2, 0) is 19.1 Å². The number of carbonyl (C=O) groups excluding carboxylic acids is 3. The first-order valence-corrected chi connectivity index (χ1v) is 9.06. The van der Waals surface area contributed by atoms with Gasteiger partial charge in [0.15, 0.2) is 0 Å². The molecule has 6 nitrogen and oxygen atoms in total. The number of ether oxygens (including phenoxy) is 1. The van der Waals surface area contributed by atoms with Crippen LogP contribution < -0.4 is 0 Å². The molecule has 1 aliphatic rings. The van der Waals surface area contributed by atoms with Crippen LogP contribution in [0.5, 0.6) is 0 Å². The van der Waals surface area contributed by atoms with Crippen LogP contribution in [0.25, 0.3) is 5.76 Å². The molecule has 28 heavy (non-hydrogen) atoms. The molecule has 7 heteroatoms. The van der Waals surface area contributed by atoms with Crippen molar-refractivity contribution in [2.24, 2.45) is 0 Å². The Balaban J connectivity index is 2.12. The number of rotatable bonds is 5. The molecule has 1 fully saturated rings. The van der Waals surface area contributed by atoms with Gasteiger partial charge < -0.3 is 14.7 Å². The van der Waals surface area contributed by atoms with E-state index in [1.165, 1.54) is 0 Å². The molecule has 3 rings (SSSR count). The fourth-order valence-electron chi connectivity index (χ4n) is 3.13. The van der Waals surface area contributed by atoms with Crippen molar-refractivity contribution in [2.45, 2.75) is 13.0 Å². The Morgan fingerprint density at radius 2 is 1.75 bits per heavy atom. The zero-order valence-electron chi connectivity index (χ0n) is 15.1. The van der Waals surface area contributed by atoms with Gasteiger partial charge in [-0.1, -0.05) is 41.9 Å². The molecule has 1 N–H and O–H groups in total. The SMILES string of the molecule is CCOC(=O)CN1C(=O)C(=O)/C(=C(/O)c2ccc(Cl)cc2)C1c1ccccc1. The number of aliphatic hydroxyl groups excluding tert-OH is 1. The molecule has 1 unspecified atom stereocenters. The number of ketones is 1. The maximum absolute atomic E-state index is 12.7. The van der Waals surface area contributed by atoms with Crippen molar-refractivity contribution in [3.63, 3.8) is 0 Å². The van der Waals surface area contributed by atoms with Crippen molar-refractivity contribution >= 4 is 35.0 Å². The number of nitrogens with zero attached hydrogens (tertiary/aromatic N) is 1. The summed E-state index contributed by atoms with van der Waals surface area (Å²) < 4.78 is 4.93. The van der Waals surface area contributed by atoms with Gasteiger partial charge in [-0.15, -0.1) is 0 Å². The van der Waals surface area contributed by atoms with Gasteiger partial charge in [0.2, 0.25) is 0 Å². The van der Waals surface area contributed by atoms with Gasteiger partial charge in [0.1, 0.15) is 12.3 Å². The third-order valence-corrected chi connectivity index (χ3v) is 4.63. The summed E-state index contributed by atoms with van der Waals surface area (Å²) >= 11 is 5.88. The van der Waals surface area contributed by atoms with Crippen molar-refractivity contribution in [2.75, 3.05) is 13.2 Å². The number of likely N-dealkylation sites (tertiary alicyclic amines) is 1. The summed E-state index contributed by atoms with van der Waals surface area (Å²) in [5.74, 6) is -2.67. The lowest BCUT2D eigenvalue weighted by atomic mass is 9.95. The van der Waals surface area contributed by atoms with E-state index >= 15 is 0 Å². The molecule has 1 aliphatic heterocycles. The monoisotopic (exact) mass is 399 g/mol. The van der Waals surface area contributed by atoms with Crippen molar-refractivity contribution < 1.29 is 24.2 Å². The highest BCUT2D eigenvalue weighted by Crippen LogP contribution is 2.39. The zero-order chi connectivity index (χ0) is 20.3. The highest BCUT2D eigenvalue weighted by Gasteiger charge is 2.46. The Morgan fingerprint density at radius 3 is 2.36 bits per heavy atom. The molecule has 2 aromatic rings. The van der Waals surface area contributed by atoms with E-state index in [4.69, 9.17) is 16.3 Å². The molecule has 2 aromatic carbocycles. The molecule has 0 spiro atoms. The Hall–Kier alpha value is -3.12. The Kier molecular flexibility index (Phi) is 5.80. The van der Waals surface area contributed by atoms with E-state index < -0.39 is 30.2 Å². The lowest BCUT2D eigenvalue weighted by Crippen LogP contribution is -2.35. The van der Waals surface area contributed by atoms with Crippen molar-refractivity contribution in [3.8, 4) is 0 Å². The van der Waals surface area contributed by atoms with E-state index in [-0.39, 0.29) is 17.9 Å². The first-order chi connectivity index (χ1) is 13.4. The van der Waals surface area contributed by atoms with Gasteiger partial charge in [-0.25, -0.2) is 0 Å². The first-order valence-electron chi connectivity index (χ1n) is 8.69. The fourth-order valence-corrected chi connectivity index (χ4v) is 3.26. The Labute approximate surface area is 167 Å². The summed E-state index contributed by atoms with van der Waals surface area (Å²) in [7, 11) is 0. The fraction of sp³-hybridized carbons (Fsp3) is 0.190. The third-order valence-electron chi connectivity index (χ3n) is 4.38. The quantitative estimate of drug-likeness (QED) is 0.361. The summed E-state index contributed by atoms with van der Waals surface area (Å²) in [6, 6.07) is 14.1. The minimum Gasteiger partial charge on any atom is -0.507 e. The predicted molar refractivity (Wildman–Crippen MR) is 104 cm³/mol. The van der Waals surface area contributed by atoms with E-state index in [0.29, 0.717) is 16.1 Å². The highest BCUT2D eigenvalue weighted by atomic mass is 35.5. The smallest absolute Gasteiger partial charge is 0.325 e. The number of hydrogen-bond donors (Lipinski definition) is 1. The molecule has 0 radical (unpaired) electrons. The lowest BCUT2D eigenvalue weighted by molar-refractivity contribution is -0.149. The van der Waals surface area contributed by atoms with Gasteiger partial charge in [0.25, 0.3) is 11.7 Å². The molecular weight excluding hydrogens is 382 g/mol. The third kappa shape index (κ3) is 3.77. The van der Waals surface area contributed by atoms with Gasteiger partial charge in [-0.2, -0.15) is 0 Å². The van der Waals surface area contributed by atoms with Crippen molar-refractivity contribution in [3.05, 3.63) is 76.3 Å². The largest absolute Gasteiger partial charge is 0.507 e. The van der Waals surface area contributed by atoms with Crippen molar-refractivity contribution in [1.82, 2.24) is 4.90 Å². The van der Waals surface area contributed by atoms with E-state index in [1.54, 1.807) is 61.5 Å². The number of amides is 1. The minimum atomic E-state index is -0.902. The van der Waals surface area contributed by atoms with Crippen LogP contribution in [-0.4, -0.2) is 40.8 Å². The van der Waals surface area contributed by atoms with E-state index in [2.05, 4.69) is 0 Å². The molecule has 0 aromatic heterocycles. The second kappa shape index (κ2) is 8.27. The molecule has 1 heterocycles. The average molecular weight is 400 g/mol. The second-order valence-corrected chi connectivity index (χ2v) is 6.59. The number of Topliss-reactive ketones (excluding diaryl/α,β-unsaturated/α-hetero) is 1. The van der Waals surface area contributed by atoms with Crippen LogP contribution in [0.2, 0.25) is 5.02 Å². The van der Waals surface area contributed by atoms with Crippen LogP contribution in [0.4, 0.5) is 0 Å². The van der Waals surface area contributed by atoms with Gasteiger partial charge in [-0.3, -0.25) is 14.4 Å². The molecule has 1 saturated heterocycles. The van der Waals surface area contributed by atoms with Crippen LogP contribution in [0.1, 0.15) is 24.1 Å². The molecular formula is C21H18ClNO5. The lowest BCUT2D eigenvalue weighted by Gasteiger charge is -2.24. The number of halogens is 1. The Morgan fingerprint density at radius 1 is 1.11 bits per heavy atom. The maximum atomic E-state index is 12.7. The number of esters is 1. The summed E-state index contributed by atoms with van der Waals surface area (Å²) in [5, 5.41) is 11.3. The Bertz CT molecular complexity index is 937. The van der Waals surface area contributed by atoms with Crippen LogP contribution in [0.3, 0.4) is 0 Å². The summed E-state index contributed by atoms with van der Waals surface area (Å²) in [6.45, 7) is 1.42. The molecule has 1 amide bonds. The van der Waals surface area contributed by atoms with E-state index in [1.807, 2.05) is 0 Å². The molecule has 0 bridgehead atoms. The molecule has 0 aliphatic carbocycles. The van der Waals surface area contributed by atoms with E-state index in [9.17, 15) is 19.5 Å². The van der Waals surface area contributed by atoms with Crippen molar-refractivity contribution in [1.29, 1.82) is 0 Å². The summed E-state index contributed by atoms with van der Waals surface area (Å²) in [6.07, 6.45) is 0. The van der Waals surface area contributed by atoms with Crippen LogP contribution in [0, 0.1) is 0 Å². The predicted octanol–water partition coefficient (Wildman–Crippen LogP) is 3.32. The second-order valence-electron chi connectivity index (χ2n) is 6.15. The molecule has 1 atom stereocenters. The normalized spacial score (nSPS) is 18.4. The van der Waals surface area contributed by atoms with Gasteiger partial charge >= 0.3 is 5.97 Å². The van der Waals surface area contributed by atoms with Gasteiger partial charge in [0.05, 0.1) is 18.2 Å².